The van der Waals surface area contributed by atoms with Gasteiger partial charge in [0.25, 0.3) is 5.91 Å². The van der Waals surface area contributed by atoms with E-state index < -0.39 is 30.1 Å². The number of Topliss-reactive ketones (excluding diaryl/α,β-unsaturated/α-hetero) is 1. The number of hydrogen-bond donors (Lipinski definition) is 6. The highest BCUT2D eigenvalue weighted by molar-refractivity contribution is 6.04. The van der Waals surface area contributed by atoms with Crippen molar-refractivity contribution in [2.24, 2.45) is 16.8 Å². The lowest BCUT2D eigenvalue weighted by molar-refractivity contribution is -0.159. The van der Waals surface area contributed by atoms with Crippen LogP contribution in [-0.2, 0) is 14.3 Å². The van der Waals surface area contributed by atoms with Crippen molar-refractivity contribution in [2.75, 3.05) is 13.1 Å². The third-order valence-corrected chi connectivity index (χ3v) is 7.00. The maximum Gasteiger partial charge on any atom is 0.354 e. The molecule has 216 valence electrons. The Balaban J connectivity index is 1.28. The first kappa shape index (κ1) is 29.1. The molecule has 2 atom stereocenters. The molecular formula is C28H31N5O8. The molecule has 13 heteroatoms. The highest BCUT2D eigenvalue weighted by atomic mass is 16.5. The van der Waals surface area contributed by atoms with Gasteiger partial charge in [0.1, 0.15) is 5.69 Å². The molecule has 1 fully saturated rings. The molecule has 41 heavy (non-hydrogen) atoms. The Morgan fingerprint density at radius 1 is 1.10 bits per heavy atom. The molecule has 0 bridgehead atoms. The number of fused-ring (bicyclic) bond motifs is 1. The largest absolute Gasteiger partial charge is 0.505 e. The number of H-pyrrole nitrogens is 1. The number of nitrogens with one attached hydrogen (secondary N) is 2. The lowest BCUT2D eigenvalue weighted by atomic mass is 9.96. The van der Waals surface area contributed by atoms with Crippen LogP contribution >= 0.6 is 0 Å². The summed E-state index contributed by atoms with van der Waals surface area (Å²) in [7, 11) is 0. The molecule has 3 aromatic rings. The first-order valence-electron chi connectivity index (χ1n) is 13.0. The first-order valence-corrected chi connectivity index (χ1v) is 13.0. The zero-order valence-corrected chi connectivity index (χ0v) is 22.2. The fourth-order valence-electron chi connectivity index (χ4n) is 4.72. The molecule has 2 heterocycles. The SMILES string of the molecule is CC(CC(=O)c1ccc(/C(N)=N/O)cc1)C(=O)N1CCC(O[C@H](NC(=O)c2[nH]c3ccccc3c2O)C(=O)O)CC1. The van der Waals surface area contributed by atoms with Crippen molar-refractivity contribution in [3.05, 3.63) is 65.4 Å². The molecule has 2 amide bonds. The molecule has 1 aromatic heterocycles. The van der Waals surface area contributed by atoms with Crippen LogP contribution in [0.2, 0.25) is 0 Å². The number of piperidine rings is 1. The number of aliphatic carboxylic acids is 1. The Kier molecular flexibility index (Phi) is 8.87. The number of amides is 2. The van der Waals surface area contributed by atoms with Gasteiger partial charge in [-0.15, -0.1) is 0 Å². The number of carbonyl (C=O) groups excluding carboxylic acids is 3. The number of amidine groups is 1. The van der Waals surface area contributed by atoms with Gasteiger partial charge in [-0.05, 0) is 25.0 Å². The number of nitrogens with two attached hydrogens (primary N) is 1. The fraction of sp³-hybridized carbons (Fsp3) is 0.321. The number of ketones is 1. The van der Waals surface area contributed by atoms with Crippen molar-refractivity contribution in [3.63, 3.8) is 0 Å². The van der Waals surface area contributed by atoms with Gasteiger partial charge in [0, 0.05) is 47.5 Å². The molecule has 2 aromatic carbocycles. The van der Waals surface area contributed by atoms with Gasteiger partial charge in [-0.25, -0.2) is 4.79 Å². The van der Waals surface area contributed by atoms with Crippen molar-refractivity contribution >= 4 is 40.3 Å². The highest BCUT2D eigenvalue weighted by Gasteiger charge is 2.32. The van der Waals surface area contributed by atoms with Crippen LogP contribution in [0.15, 0.2) is 53.7 Å². The van der Waals surface area contributed by atoms with E-state index in [4.69, 9.17) is 15.7 Å². The predicted octanol–water partition coefficient (Wildman–Crippen LogP) is 2.03. The van der Waals surface area contributed by atoms with Gasteiger partial charge in [0.2, 0.25) is 12.1 Å². The number of likely N-dealkylation sites (tertiary alicyclic amines) is 1. The normalized spacial score (nSPS) is 15.8. The summed E-state index contributed by atoms with van der Waals surface area (Å²) < 4.78 is 5.65. The number of carbonyl (C=O) groups is 4. The average Bonchev–Trinajstić information content (AvgIpc) is 3.32. The van der Waals surface area contributed by atoms with Crippen LogP contribution in [0.5, 0.6) is 5.75 Å². The summed E-state index contributed by atoms with van der Waals surface area (Å²) in [6.45, 7) is 2.25. The summed E-state index contributed by atoms with van der Waals surface area (Å²) in [4.78, 5) is 54.6. The van der Waals surface area contributed by atoms with E-state index >= 15 is 0 Å². The van der Waals surface area contributed by atoms with Gasteiger partial charge in [0.15, 0.2) is 17.4 Å². The number of para-hydroxylation sites is 1. The van der Waals surface area contributed by atoms with Crippen LogP contribution in [0.1, 0.15) is 52.6 Å². The number of aromatic amines is 1. The number of rotatable bonds is 10. The second kappa shape index (κ2) is 12.5. The fourth-order valence-corrected chi connectivity index (χ4v) is 4.72. The standard InChI is InChI=1S/C28H31N5O8/c1-15(14-21(34)16-6-8-17(9-7-16)24(29)32-40)27(37)33-12-10-18(11-13-33)41-26(28(38)39)31-25(36)22-23(35)19-4-2-3-5-20(19)30-22/h2-9,15,18,26,30,35,40H,10-14H2,1H3,(H2,29,32)(H,31,36)(H,38,39)/t15?,26-/m0/s1. The number of aromatic nitrogens is 1. The average molecular weight is 566 g/mol. The number of carboxylic acid groups (broad SMARTS) is 1. The molecule has 7 N–H and O–H groups in total. The summed E-state index contributed by atoms with van der Waals surface area (Å²) in [5, 5.41) is 34.4. The van der Waals surface area contributed by atoms with Gasteiger partial charge in [-0.1, -0.05) is 48.5 Å². The van der Waals surface area contributed by atoms with E-state index in [1.54, 1.807) is 60.4 Å². The molecule has 13 nitrogen and oxygen atoms in total. The summed E-state index contributed by atoms with van der Waals surface area (Å²) in [6, 6.07) is 12.9. The zero-order chi connectivity index (χ0) is 29.7. The molecule has 0 aliphatic carbocycles. The topological polar surface area (TPSA) is 208 Å². The summed E-state index contributed by atoms with van der Waals surface area (Å²) in [6.07, 6.45) is -1.55. The van der Waals surface area contributed by atoms with Crippen molar-refractivity contribution in [2.45, 2.75) is 38.5 Å². The Morgan fingerprint density at radius 3 is 2.34 bits per heavy atom. The number of ether oxygens (including phenoxy) is 1. The summed E-state index contributed by atoms with van der Waals surface area (Å²) in [5.74, 6) is -3.63. The smallest absolute Gasteiger partial charge is 0.354 e. The molecule has 1 aliphatic heterocycles. The lowest BCUT2D eigenvalue weighted by Crippen LogP contribution is -2.48. The quantitative estimate of drug-likeness (QED) is 0.0530. The van der Waals surface area contributed by atoms with E-state index in [0.29, 0.717) is 48.0 Å². The van der Waals surface area contributed by atoms with E-state index in [1.807, 2.05) is 0 Å². The number of hydrogen-bond acceptors (Lipinski definition) is 8. The predicted molar refractivity (Wildman–Crippen MR) is 147 cm³/mol. The van der Waals surface area contributed by atoms with Crippen molar-refractivity contribution < 1.29 is 39.3 Å². The van der Waals surface area contributed by atoms with Gasteiger partial charge < -0.3 is 41.1 Å². The van der Waals surface area contributed by atoms with Crippen LogP contribution in [0.3, 0.4) is 0 Å². The van der Waals surface area contributed by atoms with E-state index in [0.717, 1.165) is 0 Å². The first-order chi connectivity index (χ1) is 19.6. The number of aromatic hydroxyl groups is 1. The number of nitrogens with zero attached hydrogens (tertiary/aromatic N) is 2. The third kappa shape index (κ3) is 6.64. The van der Waals surface area contributed by atoms with Gasteiger partial charge in [-0.3, -0.25) is 14.4 Å². The van der Waals surface area contributed by atoms with E-state index in [2.05, 4.69) is 15.5 Å². The van der Waals surface area contributed by atoms with Crippen LogP contribution in [0.4, 0.5) is 0 Å². The van der Waals surface area contributed by atoms with Crippen LogP contribution in [0, 0.1) is 5.92 Å². The van der Waals surface area contributed by atoms with Crippen molar-refractivity contribution in [1.29, 1.82) is 0 Å². The highest BCUT2D eigenvalue weighted by Crippen LogP contribution is 2.28. The Morgan fingerprint density at radius 2 is 1.73 bits per heavy atom. The van der Waals surface area contributed by atoms with Gasteiger partial charge >= 0.3 is 5.97 Å². The van der Waals surface area contributed by atoms with Crippen LogP contribution in [-0.4, -0.2) is 80.1 Å². The molecular weight excluding hydrogens is 534 g/mol. The van der Waals surface area contributed by atoms with Crippen LogP contribution in [0.25, 0.3) is 10.9 Å². The maximum atomic E-state index is 13.0. The monoisotopic (exact) mass is 565 g/mol. The minimum atomic E-state index is -1.66. The minimum Gasteiger partial charge on any atom is -0.505 e. The number of oxime groups is 1. The maximum absolute atomic E-state index is 13.0. The van der Waals surface area contributed by atoms with Gasteiger partial charge in [-0.2, -0.15) is 0 Å². The van der Waals surface area contributed by atoms with E-state index in [-0.39, 0.29) is 35.4 Å². The molecule has 1 aliphatic rings. The van der Waals surface area contributed by atoms with E-state index in [1.165, 1.54) is 0 Å². The van der Waals surface area contributed by atoms with E-state index in [9.17, 15) is 29.4 Å². The summed E-state index contributed by atoms with van der Waals surface area (Å²) >= 11 is 0. The number of benzene rings is 2. The molecule has 0 radical (unpaired) electrons. The number of carboxylic acids is 1. The molecule has 0 spiro atoms. The Hall–Kier alpha value is -4.91. The van der Waals surface area contributed by atoms with Crippen LogP contribution < -0.4 is 11.1 Å². The molecule has 4 rings (SSSR count). The second-order valence-corrected chi connectivity index (χ2v) is 9.84. The van der Waals surface area contributed by atoms with Crippen molar-refractivity contribution in [3.8, 4) is 5.75 Å². The third-order valence-electron chi connectivity index (χ3n) is 7.00. The van der Waals surface area contributed by atoms with Gasteiger partial charge in [0.05, 0.1) is 6.10 Å². The lowest BCUT2D eigenvalue weighted by Gasteiger charge is -2.34. The molecule has 1 saturated heterocycles. The van der Waals surface area contributed by atoms with Crippen molar-refractivity contribution in [1.82, 2.24) is 15.2 Å². The summed E-state index contributed by atoms with van der Waals surface area (Å²) in [5.41, 5.74) is 6.73. The second-order valence-electron chi connectivity index (χ2n) is 9.84. The molecule has 0 saturated carbocycles. The Labute approximate surface area is 234 Å². The Bertz CT molecular complexity index is 1470. The molecule has 1 unspecified atom stereocenters. The zero-order valence-electron chi connectivity index (χ0n) is 22.2. The minimum absolute atomic E-state index is 0.00804.